The SMILES string of the molecule is C#C[C@@]1(OC(C)=O)[C@@H](COC(C(=O)OCC)C(=O)OCC)OC(OC(C)=O)[C@@H]1OC(C)=O. The molecule has 0 spiro atoms. The van der Waals surface area contributed by atoms with Gasteiger partial charge in [0.25, 0.3) is 6.10 Å². The molecule has 12 heteroatoms. The lowest BCUT2D eigenvalue weighted by Crippen LogP contribution is -2.54. The monoisotopic (exact) mass is 458 g/mol. The smallest absolute Gasteiger partial charge is 0.347 e. The molecule has 0 aromatic heterocycles. The van der Waals surface area contributed by atoms with Gasteiger partial charge >= 0.3 is 29.8 Å². The topological polar surface area (TPSA) is 150 Å². The molecule has 0 aliphatic carbocycles. The zero-order valence-electron chi connectivity index (χ0n) is 18.4. The van der Waals surface area contributed by atoms with Crippen LogP contribution in [0.15, 0.2) is 0 Å². The molecule has 0 saturated carbocycles. The van der Waals surface area contributed by atoms with Crippen molar-refractivity contribution in [2.75, 3.05) is 19.8 Å². The first-order chi connectivity index (χ1) is 15.0. The number of esters is 5. The Labute approximate surface area is 184 Å². The highest BCUT2D eigenvalue weighted by atomic mass is 16.8. The Hall–Kier alpha value is -3.17. The Morgan fingerprint density at radius 1 is 0.938 bits per heavy atom. The molecule has 1 rings (SSSR count). The number of hydrogen-bond donors (Lipinski definition) is 0. The van der Waals surface area contributed by atoms with Crippen molar-refractivity contribution in [3.8, 4) is 12.3 Å². The molecule has 1 heterocycles. The van der Waals surface area contributed by atoms with Gasteiger partial charge < -0.3 is 33.2 Å². The van der Waals surface area contributed by atoms with Crippen LogP contribution in [0.25, 0.3) is 0 Å². The highest BCUT2D eigenvalue weighted by Crippen LogP contribution is 2.38. The van der Waals surface area contributed by atoms with Crippen molar-refractivity contribution < 1.29 is 57.1 Å². The highest BCUT2D eigenvalue weighted by Gasteiger charge is 2.63. The summed E-state index contributed by atoms with van der Waals surface area (Å²) in [5.74, 6) is -2.37. The van der Waals surface area contributed by atoms with E-state index in [0.717, 1.165) is 20.8 Å². The normalized spacial score (nSPS) is 24.2. The fraction of sp³-hybridized carbons (Fsp3) is 0.650. The lowest BCUT2D eigenvalue weighted by atomic mass is 9.93. The predicted octanol–water partition coefficient (Wildman–Crippen LogP) is -0.347. The first-order valence-corrected chi connectivity index (χ1v) is 9.64. The van der Waals surface area contributed by atoms with Gasteiger partial charge in [-0.15, -0.1) is 6.42 Å². The van der Waals surface area contributed by atoms with Crippen molar-refractivity contribution in [1.29, 1.82) is 0 Å². The van der Waals surface area contributed by atoms with Crippen molar-refractivity contribution in [1.82, 2.24) is 0 Å². The first kappa shape index (κ1) is 26.9. The second kappa shape index (κ2) is 12.0. The zero-order chi connectivity index (χ0) is 24.5. The number of rotatable bonds is 10. The molecule has 0 amide bonds. The average molecular weight is 458 g/mol. The summed E-state index contributed by atoms with van der Waals surface area (Å²) in [6.07, 6.45) is -0.735. The predicted molar refractivity (Wildman–Crippen MR) is 102 cm³/mol. The Morgan fingerprint density at radius 3 is 1.88 bits per heavy atom. The fourth-order valence-electron chi connectivity index (χ4n) is 2.88. The van der Waals surface area contributed by atoms with Gasteiger partial charge in [0.2, 0.25) is 18.0 Å². The van der Waals surface area contributed by atoms with Gasteiger partial charge in [-0.3, -0.25) is 14.4 Å². The molecular weight excluding hydrogens is 432 g/mol. The lowest BCUT2D eigenvalue weighted by molar-refractivity contribution is -0.199. The first-order valence-electron chi connectivity index (χ1n) is 9.64. The van der Waals surface area contributed by atoms with Gasteiger partial charge in [-0.25, -0.2) is 9.59 Å². The second-order valence-corrected chi connectivity index (χ2v) is 6.38. The summed E-state index contributed by atoms with van der Waals surface area (Å²) >= 11 is 0. The summed E-state index contributed by atoms with van der Waals surface area (Å²) in [4.78, 5) is 59.2. The third-order valence-electron chi connectivity index (χ3n) is 3.98. The molecule has 32 heavy (non-hydrogen) atoms. The van der Waals surface area contributed by atoms with E-state index in [1.165, 1.54) is 13.8 Å². The summed E-state index contributed by atoms with van der Waals surface area (Å²) in [5.41, 5.74) is -2.11. The van der Waals surface area contributed by atoms with E-state index >= 15 is 0 Å². The Kier molecular flexibility index (Phi) is 10.1. The van der Waals surface area contributed by atoms with E-state index in [2.05, 4.69) is 5.92 Å². The largest absolute Gasteiger partial charge is 0.464 e. The van der Waals surface area contributed by atoms with Crippen LogP contribution in [0.4, 0.5) is 0 Å². The van der Waals surface area contributed by atoms with Crippen LogP contribution in [0.1, 0.15) is 34.6 Å². The Balaban J connectivity index is 3.29. The molecule has 1 fully saturated rings. The summed E-state index contributed by atoms with van der Waals surface area (Å²) in [6, 6.07) is 0. The molecule has 1 aliphatic heterocycles. The second-order valence-electron chi connectivity index (χ2n) is 6.38. The Bertz CT molecular complexity index is 751. The van der Waals surface area contributed by atoms with Crippen molar-refractivity contribution in [2.45, 2.75) is 64.8 Å². The van der Waals surface area contributed by atoms with Gasteiger partial charge in [0.05, 0.1) is 19.8 Å². The summed E-state index contributed by atoms with van der Waals surface area (Å²) in [7, 11) is 0. The van der Waals surface area contributed by atoms with Gasteiger partial charge in [-0.1, -0.05) is 5.92 Å². The van der Waals surface area contributed by atoms with E-state index in [1.807, 2.05) is 0 Å². The van der Waals surface area contributed by atoms with Crippen LogP contribution in [0.2, 0.25) is 0 Å². The van der Waals surface area contributed by atoms with Gasteiger partial charge in [-0.2, -0.15) is 0 Å². The molecule has 0 N–H and O–H groups in total. The summed E-state index contributed by atoms with van der Waals surface area (Å²) in [6.45, 7) is 5.51. The van der Waals surface area contributed by atoms with Gasteiger partial charge in [-0.05, 0) is 13.8 Å². The fourth-order valence-corrected chi connectivity index (χ4v) is 2.88. The molecule has 0 bridgehead atoms. The molecule has 1 unspecified atom stereocenters. The third-order valence-corrected chi connectivity index (χ3v) is 3.98. The maximum Gasteiger partial charge on any atom is 0.347 e. The van der Waals surface area contributed by atoms with Crippen molar-refractivity contribution >= 4 is 29.8 Å². The van der Waals surface area contributed by atoms with Crippen molar-refractivity contribution in [3.05, 3.63) is 0 Å². The molecule has 178 valence electrons. The van der Waals surface area contributed by atoms with Crippen LogP contribution in [0.3, 0.4) is 0 Å². The van der Waals surface area contributed by atoms with Crippen LogP contribution < -0.4 is 0 Å². The number of hydrogen-bond acceptors (Lipinski definition) is 12. The van der Waals surface area contributed by atoms with Crippen LogP contribution in [-0.4, -0.2) is 79.9 Å². The molecule has 1 saturated heterocycles. The molecule has 4 atom stereocenters. The minimum absolute atomic E-state index is 0.0389. The van der Waals surface area contributed by atoms with Crippen LogP contribution in [0, 0.1) is 12.3 Å². The number of carbonyl (C=O) groups excluding carboxylic acids is 5. The minimum atomic E-state index is -2.11. The maximum absolute atomic E-state index is 12.1. The number of ether oxygens (including phenoxy) is 7. The Morgan fingerprint density at radius 2 is 1.47 bits per heavy atom. The standard InChI is InChI=1S/C20H26O12/c1-7-20(32-13(6)23)14(31-19(30-12(5)22)16(20)29-11(4)21)10-28-15(17(24)26-8-2)18(25)27-9-3/h1,14-16,19H,8-10H2,2-6H3/t14-,16+,19?,20-/m1/s1. The van der Waals surface area contributed by atoms with E-state index in [1.54, 1.807) is 0 Å². The van der Waals surface area contributed by atoms with Crippen molar-refractivity contribution in [2.24, 2.45) is 0 Å². The molecular formula is C20H26O12. The van der Waals surface area contributed by atoms with E-state index in [4.69, 9.17) is 39.6 Å². The van der Waals surface area contributed by atoms with E-state index in [-0.39, 0.29) is 13.2 Å². The van der Waals surface area contributed by atoms with E-state index in [0.29, 0.717) is 0 Å². The number of carbonyl (C=O) groups is 5. The average Bonchev–Trinajstić information content (AvgIpc) is 2.94. The van der Waals surface area contributed by atoms with Gasteiger partial charge in [0, 0.05) is 20.8 Å². The molecule has 1 aliphatic rings. The lowest BCUT2D eigenvalue weighted by Gasteiger charge is -2.32. The minimum Gasteiger partial charge on any atom is -0.464 e. The zero-order valence-corrected chi connectivity index (χ0v) is 18.4. The van der Waals surface area contributed by atoms with Crippen LogP contribution in [-0.2, 0) is 57.1 Å². The van der Waals surface area contributed by atoms with Gasteiger partial charge in [0.15, 0.2) is 0 Å². The highest BCUT2D eigenvalue weighted by molar-refractivity contribution is 5.98. The maximum atomic E-state index is 12.1. The summed E-state index contributed by atoms with van der Waals surface area (Å²) < 4.78 is 35.9. The van der Waals surface area contributed by atoms with Crippen molar-refractivity contribution in [3.63, 3.8) is 0 Å². The number of terminal acetylenes is 1. The third kappa shape index (κ3) is 6.66. The summed E-state index contributed by atoms with van der Waals surface area (Å²) in [5, 5.41) is 0. The van der Waals surface area contributed by atoms with Gasteiger partial charge in [0.1, 0.15) is 6.10 Å². The molecule has 0 radical (unpaired) electrons. The molecule has 0 aromatic carbocycles. The molecule has 12 nitrogen and oxygen atoms in total. The van der Waals surface area contributed by atoms with Crippen LogP contribution in [0.5, 0.6) is 0 Å². The van der Waals surface area contributed by atoms with E-state index in [9.17, 15) is 24.0 Å². The van der Waals surface area contributed by atoms with Crippen LogP contribution >= 0.6 is 0 Å². The quantitative estimate of drug-likeness (QED) is 0.182. The van der Waals surface area contributed by atoms with E-state index < -0.39 is 66.7 Å². The molecule has 0 aromatic rings.